The van der Waals surface area contributed by atoms with Gasteiger partial charge in [0.05, 0.1) is 17.7 Å². The standard InChI is InChI=1S/C17H13BrN2O6S2/c1-9-14(16(22)25-2)27-17(19-9)20-15(21)12-7-8-13(26-12)28(23,24)11-5-3-10(18)4-6-11/h3-8H,1-2H3,(H,19,20,21). The number of aryl methyl sites for hydroxylation is 1. The van der Waals surface area contributed by atoms with Crippen LogP contribution in [0.4, 0.5) is 5.13 Å². The van der Waals surface area contributed by atoms with Crippen LogP contribution < -0.4 is 5.32 Å². The van der Waals surface area contributed by atoms with E-state index in [4.69, 9.17) is 4.42 Å². The maximum Gasteiger partial charge on any atom is 0.350 e. The Morgan fingerprint density at radius 1 is 1.18 bits per heavy atom. The second-order valence-electron chi connectivity index (χ2n) is 5.46. The normalized spacial score (nSPS) is 11.2. The maximum absolute atomic E-state index is 12.6. The lowest BCUT2D eigenvalue weighted by atomic mass is 10.4. The Balaban J connectivity index is 1.81. The second kappa shape index (κ2) is 7.86. The van der Waals surface area contributed by atoms with Crippen molar-refractivity contribution in [3.63, 3.8) is 0 Å². The summed E-state index contributed by atoms with van der Waals surface area (Å²) >= 11 is 4.18. The van der Waals surface area contributed by atoms with Gasteiger partial charge in [0.1, 0.15) is 4.88 Å². The molecule has 2 heterocycles. The van der Waals surface area contributed by atoms with Crippen LogP contribution in [0, 0.1) is 6.92 Å². The van der Waals surface area contributed by atoms with Crippen molar-refractivity contribution in [2.24, 2.45) is 0 Å². The molecule has 0 aliphatic heterocycles. The molecule has 28 heavy (non-hydrogen) atoms. The molecule has 0 aliphatic rings. The Morgan fingerprint density at radius 2 is 1.86 bits per heavy atom. The second-order valence-corrected chi connectivity index (χ2v) is 9.25. The van der Waals surface area contributed by atoms with Crippen molar-refractivity contribution in [1.82, 2.24) is 4.98 Å². The van der Waals surface area contributed by atoms with Gasteiger partial charge in [0, 0.05) is 4.47 Å². The van der Waals surface area contributed by atoms with Crippen LogP contribution in [0.2, 0.25) is 0 Å². The van der Waals surface area contributed by atoms with Gasteiger partial charge in [-0.2, -0.15) is 0 Å². The minimum atomic E-state index is -3.90. The molecule has 0 saturated heterocycles. The van der Waals surface area contributed by atoms with E-state index in [0.29, 0.717) is 5.69 Å². The number of benzene rings is 1. The lowest BCUT2D eigenvalue weighted by molar-refractivity contribution is 0.0605. The molecule has 8 nitrogen and oxygen atoms in total. The highest BCUT2D eigenvalue weighted by atomic mass is 79.9. The van der Waals surface area contributed by atoms with Gasteiger partial charge in [-0.15, -0.1) is 0 Å². The highest BCUT2D eigenvalue weighted by molar-refractivity contribution is 9.10. The maximum atomic E-state index is 12.6. The van der Waals surface area contributed by atoms with Gasteiger partial charge in [-0.25, -0.2) is 18.2 Å². The highest BCUT2D eigenvalue weighted by Crippen LogP contribution is 2.26. The number of methoxy groups -OCH3 is 1. The Kier molecular flexibility index (Phi) is 5.68. The first-order chi connectivity index (χ1) is 13.2. The van der Waals surface area contributed by atoms with Crippen LogP contribution in [0.15, 0.2) is 55.3 Å². The molecule has 11 heteroatoms. The van der Waals surface area contributed by atoms with Crippen molar-refractivity contribution in [3.8, 4) is 0 Å². The summed E-state index contributed by atoms with van der Waals surface area (Å²) in [6.07, 6.45) is 0. The minimum absolute atomic E-state index is 0.0373. The van der Waals surface area contributed by atoms with E-state index in [1.54, 1.807) is 19.1 Å². The summed E-state index contributed by atoms with van der Waals surface area (Å²) in [4.78, 5) is 28.3. The van der Waals surface area contributed by atoms with Crippen LogP contribution in [-0.2, 0) is 14.6 Å². The van der Waals surface area contributed by atoms with Crippen molar-refractivity contribution in [1.29, 1.82) is 0 Å². The molecule has 1 amide bonds. The number of hydrogen-bond donors (Lipinski definition) is 1. The first kappa shape index (κ1) is 20.2. The third kappa shape index (κ3) is 4.01. The number of hydrogen-bond acceptors (Lipinski definition) is 8. The number of carbonyl (C=O) groups is 2. The van der Waals surface area contributed by atoms with Crippen molar-refractivity contribution in [2.75, 3.05) is 12.4 Å². The summed E-state index contributed by atoms with van der Waals surface area (Å²) in [5, 5.41) is 2.28. The Hall–Kier alpha value is -2.50. The topological polar surface area (TPSA) is 116 Å². The molecule has 0 saturated carbocycles. The van der Waals surface area contributed by atoms with Crippen LogP contribution in [0.3, 0.4) is 0 Å². The number of amides is 1. The SMILES string of the molecule is COC(=O)c1sc(NC(=O)c2ccc(S(=O)(=O)c3ccc(Br)cc3)o2)nc1C. The lowest BCUT2D eigenvalue weighted by Gasteiger charge is -2.01. The third-order valence-corrected chi connectivity index (χ3v) is 6.81. The molecule has 0 atom stereocenters. The van der Waals surface area contributed by atoms with E-state index in [1.807, 2.05) is 0 Å². The van der Waals surface area contributed by atoms with Gasteiger partial charge in [0.25, 0.3) is 5.91 Å². The molecule has 3 aromatic rings. The number of ether oxygens (including phenoxy) is 1. The number of sulfone groups is 1. The predicted octanol–water partition coefficient (Wildman–Crippen LogP) is 3.68. The molecule has 3 rings (SSSR count). The number of anilines is 1. The van der Waals surface area contributed by atoms with E-state index in [-0.39, 0.29) is 25.8 Å². The van der Waals surface area contributed by atoms with E-state index in [0.717, 1.165) is 15.8 Å². The minimum Gasteiger partial charge on any atom is -0.465 e. The zero-order chi connectivity index (χ0) is 20.5. The molecule has 1 N–H and O–H groups in total. The number of nitrogens with zero attached hydrogens (tertiary/aromatic N) is 1. The fourth-order valence-corrected chi connectivity index (χ4v) is 4.52. The number of aromatic nitrogens is 1. The number of nitrogens with one attached hydrogen (secondary N) is 1. The quantitative estimate of drug-likeness (QED) is 0.548. The van der Waals surface area contributed by atoms with Crippen molar-refractivity contribution < 1.29 is 27.2 Å². The van der Waals surface area contributed by atoms with Gasteiger partial charge in [-0.3, -0.25) is 10.1 Å². The summed E-state index contributed by atoms with van der Waals surface area (Å²) in [6, 6.07) is 8.49. The largest absolute Gasteiger partial charge is 0.465 e. The zero-order valence-electron chi connectivity index (χ0n) is 14.6. The Morgan fingerprint density at radius 3 is 2.50 bits per heavy atom. The number of furan rings is 1. The van der Waals surface area contributed by atoms with Crippen LogP contribution in [0.1, 0.15) is 25.9 Å². The lowest BCUT2D eigenvalue weighted by Crippen LogP contribution is -2.10. The van der Waals surface area contributed by atoms with Gasteiger partial charge in [-0.05, 0) is 43.3 Å². The van der Waals surface area contributed by atoms with E-state index < -0.39 is 21.7 Å². The fourth-order valence-electron chi connectivity index (χ4n) is 2.21. The van der Waals surface area contributed by atoms with Gasteiger partial charge in [0.15, 0.2) is 10.9 Å². The average molecular weight is 485 g/mol. The molecule has 0 aliphatic carbocycles. The number of rotatable bonds is 5. The molecule has 0 radical (unpaired) electrons. The van der Waals surface area contributed by atoms with E-state index in [1.165, 1.54) is 31.4 Å². The average Bonchev–Trinajstić information content (AvgIpc) is 3.29. The smallest absolute Gasteiger partial charge is 0.350 e. The molecule has 0 unspecified atom stereocenters. The molecule has 0 fully saturated rings. The van der Waals surface area contributed by atoms with Crippen LogP contribution in [0.5, 0.6) is 0 Å². The fraction of sp³-hybridized carbons (Fsp3) is 0.118. The van der Waals surface area contributed by atoms with Crippen LogP contribution in [-0.4, -0.2) is 32.4 Å². The van der Waals surface area contributed by atoms with Gasteiger partial charge in [-0.1, -0.05) is 27.3 Å². The highest BCUT2D eigenvalue weighted by Gasteiger charge is 2.24. The first-order valence-corrected chi connectivity index (χ1v) is 10.8. The number of thiazole rings is 1. The van der Waals surface area contributed by atoms with E-state index in [2.05, 4.69) is 31.0 Å². The van der Waals surface area contributed by atoms with E-state index in [9.17, 15) is 18.0 Å². The van der Waals surface area contributed by atoms with Gasteiger partial charge < -0.3 is 9.15 Å². The molecule has 1 aromatic carbocycles. The predicted molar refractivity (Wildman–Crippen MR) is 104 cm³/mol. The summed E-state index contributed by atoms with van der Waals surface area (Å²) in [6.45, 7) is 1.61. The van der Waals surface area contributed by atoms with Crippen molar-refractivity contribution in [3.05, 3.63) is 57.2 Å². The summed E-state index contributed by atoms with van der Waals surface area (Å²) in [5.41, 5.74) is 0.408. The molecule has 2 aromatic heterocycles. The molecule has 0 spiro atoms. The third-order valence-electron chi connectivity index (χ3n) is 3.58. The monoisotopic (exact) mass is 484 g/mol. The van der Waals surface area contributed by atoms with E-state index >= 15 is 0 Å². The molecule has 0 bridgehead atoms. The number of esters is 1. The Labute approximate surface area is 172 Å². The summed E-state index contributed by atoms with van der Waals surface area (Å²) in [5.74, 6) is -1.46. The summed E-state index contributed by atoms with van der Waals surface area (Å²) < 4.78 is 35.8. The first-order valence-electron chi connectivity index (χ1n) is 7.70. The Bertz CT molecular complexity index is 1150. The molecular formula is C17H13BrN2O6S2. The molecular weight excluding hydrogens is 472 g/mol. The van der Waals surface area contributed by atoms with Crippen LogP contribution >= 0.6 is 27.3 Å². The van der Waals surface area contributed by atoms with Gasteiger partial charge in [0.2, 0.25) is 14.9 Å². The van der Waals surface area contributed by atoms with Gasteiger partial charge >= 0.3 is 5.97 Å². The number of halogens is 1. The summed E-state index contributed by atoms with van der Waals surface area (Å²) in [7, 11) is -2.65. The van der Waals surface area contributed by atoms with Crippen molar-refractivity contribution in [2.45, 2.75) is 16.9 Å². The molecule has 146 valence electrons. The number of carbonyl (C=O) groups excluding carboxylic acids is 2. The van der Waals surface area contributed by atoms with Crippen molar-refractivity contribution >= 4 is 54.1 Å². The zero-order valence-corrected chi connectivity index (χ0v) is 17.8. The van der Waals surface area contributed by atoms with Crippen LogP contribution in [0.25, 0.3) is 0 Å².